The highest BCUT2D eigenvalue weighted by Crippen LogP contribution is 2.43. The van der Waals surface area contributed by atoms with Crippen LogP contribution in [0, 0.1) is 25.5 Å². The number of aromatic hydroxyl groups is 1. The fourth-order valence-electron chi connectivity index (χ4n) is 3.60. The Morgan fingerprint density at radius 2 is 1.77 bits per heavy atom. The standard InChI is InChI=1S/C22H16F2N2O4S/c1-10-21(31-11(2)25-10)19(28)17-18(12-3-6-14(27)7-4-12)26(22(30)20(17)29)16-8-5-13(23)9-15(16)24/h3-9,18,27,29H,1-2H3. The van der Waals surface area contributed by atoms with Crippen molar-refractivity contribution in [2.75, 3.05) is 4.90 Å². The summed E-state index contributed by atoms with van der Waals surface area (Å²) in [6, 6.07) is 7.08. The molecule has 1 amide bonds. The number of hydrogen-bond donors (Lipinski definition) is 2. The normalized spacial score (nSPS) is 16.3. The zero-order valence-corrected chi connectivity index (χ0v) is 17.2. The molecule has 158 valence electrons. The van der Waals surface area contributed by atoms with E-state index in [4.69, 9.17) is 0 Å². The summed E-state index contributed by atoms with van der Waals surface area (Å²) in [5.74, 6) is -4.34. The SMILES string of the molecule is Cc1nc(C)c(C(=O)C2=C(O)C(=O)N(c3ccc(F)cc3F)C2c2ccc(O)cc2)s1. The number of ketones is 1. The van der Waals surface area contributed by atoms with Gasteiger partial charge in [0.1, 0.15) is 17.4 Å². The summed E-state index contributed by atoms with van der Waals surface area (Å²) in [6.45, 7) is 3.36. The number of aromatic nitrogens is 1. The minimum Gasteiger partial charge on any atom is -0.508 e. The van der Waals surface area contributed by atoms with Gasteiger partial charge in [0.25, 0.3) is 5.91 Å². The summed E-state index contributed by atoms with van der Waals surface area (Å²) in [7, 11) is 0. The van der Waals surface area contributed by atoms with Crippen LogP contribution >= 0.6 is 11.3 Å². The number of carbonyl (C=O) groups is 2. The van der Waals surface area contributed by atoms with Crippen LogP contribution in [0.1, 0.15) is 32.0 Å². The molecule has 4 rings (SSSR count). The summed E-state index contributed by atoms with van der Waals surface area (Å²) in [5, 5.41) is 20.9. The molecule has 0 radical (unpaired) electrons. The van der Waals surface area contributed by atoms with Crippen LogP contribution in [0.15, 0.2) is 53.8 Å². The molecule has 0 saturated heterocycles. The lowest BCUT2D eigenvalue weighted by Gasteiger charge is -2.27. The van der Waals surface area contributed by atoms with Gasteiger partial charge < -0.3 is 10.2 Å². The fourth-order valence-corrected chi connectivity index (χ4v) is 4.47. The van der Waals surface area contributed by atoms with E-state index >= 15 is 0 Å². The predicted molar refractivity (Wildman–Crippen MR) is 110 cm³/mol. The summed E-state index contributed by atoms with van der Waals surface area (Å²) in [4.78, 5) is 31.7. The average molecular weight is 442 g/mol. The highest BCUT2D eigenvalue weighted by atomic mass is 32.1. The Labute approximate surface area is 179 Å². The first-order valence-electron chi connectivity index (χ1n) is 9.18. The van der Waals surface area contributed by atoms with Crippen molar-refractivity contribution in [1.82, 2.24) is 4.98 Å². The van der Waals surface area contributed by atoms with Crippen molar-refractivity contribution in [1.29, 1.82) is 0 Å². The van der Waals surface area contributed by atoms with E-state index in [-0.39, 0.29) is 21.9 Å². The van der Waals surface area contributed by atoms with E-state index in [0.29, 0.717) is 22.3 Å². The molecule has 0 fully saturated rings. The second-order valence-electron chi connectivity index (χ2n) is 7.00. The van der Waals surface area contributed by atoms with Crippen LogP contribution in [0.25, 0.3) is 0 Å². The number of aliphatic hydroxyl groups is 1. The third-order valence-corrected chi connectivity index (χ3v) is 6.01. The first-order valence-corrected chi connectivity index (χ1v) is 10.00. The summed E-state index contributed by atoms with van der Waals surface area (Å²) >= 11 is 1.11. The highest BCUT2D eigenvalue weighted by Gasteiger charge is 2.46. The molecule has 2 heterocycles. The zero-order valence-electron chi connectivity index (χ0n) is 16.4. The van der Waals surface area contributed by atoms with E-state index in [0.717, 1.165) is 28.4 Å². The van der Waals surface area contributed by atoms with Crippen LogP contribution in [0.5, 0.6) is 5.75 Å². The molecule has 0 saturated carbocycles. The third-order valence-electron chi connectivity index (χ3n) is 4.94. The van der Waals surface area contributed by atoms with Gasteiger partial charge in [-0.3, -0.25) is 14.5 Å². The first-order chi connectivity index (χ1) is 14.7. The van der Waals surface area contributed by atoms with Crippen LogP contribution in [0.2, 0.25) is 0 Å². The van der Waals surface area contributed by atoms with Crippen LogP contribution in [0.3, 0.4) is 0 Å². The number of halogens is 2. The second-order valence-corrected chi connectivity index (χ2v) is 8.21. The van der Waals surface area contributed by atoms with Gasteiger partial charge in [-0.15, -0.1) is 11.3 Å². The Kier molecular flexibility index (Phi) is 5.06. The van der Waals surface area contributed by atoms with Crippen molar-refractivity contribution in [2.45, 2.75) is 19.9 Å². The Hall–Kier alpha value is -3.59. The van der Waals surface area contributed by atoms with Crippen molar-refractivity contribution in [3.8, 4) is 5.75 Å². The smallest absolute Gasteiger partial charge is 0.294 e. The topological polar surface area (TPSA) is 90.7 Å². The Morgan fingerprint density at radius 3 is 2.35 bits per heavy atom. The average Bonchev–Trinajstić information content (AvgIpc) is 3.18. The lowest BCUT2D eigenvalue weighted by molar-refractivity contribution is -0.117. The number of Topliss-reactive ketones (excluding diaryl/α,β-unsaturated/α-hetero) is 1. The van der Waals surface area contributed by atoms with Crippen LogP contribution in [-0.2, 0) is 4.79 Å². The number of carbonyl (C=O) groups excluding carboxylic acids is 2. The van der Waals surface area contributed by atoms with Gasteiger partial charge in [-0.2, -0.15) is 0 Å². The number of aryl methyl sites for hydroxylation is 2. The van der Waals surface area contributed by atoms with Gasteiger partial charge in [0.05, 0.1) is 32.9 Å². The van der Waals surface area contributed by atoms with Crippen molar-refractivity contribution in [3.63, 3.8) is 0 Å². The molecule has 2 N–H and O–H groups in total. The van der Waals surface area contributed by atoms with Crippen molar-refractivity contribution < 1.29 is 28.6 Å². The zero-order chi connectivity index (χ0) is 22.4. The van der Waals surface area contributed by atoms with E-state index < -0.39 is 35.1 Å². The molecule has 0 spiro atoms. The molecule has 1 aliphatic rings. The van der Waals surface area contributed by atoms with Gasteiger partial charge in [-0.05, 0) is 43.7 Å². The van der Waals surface area contributed by atoms with E-state index in [1.54, 1.807) is 13.8 Å². The van der Waals surface area contributed by atoms with Crippen LogP contribution < -0.4 is 4.90 Å². The maximum Gasteiger partial charge on any atom is 0.294 e. The first kappa shape index (κ1) is 20.7. The molecular formula is C22H16F2N2O4S. The molecule has 31 heavy (non-hydrogen) atoms. The van der Waals surface area contributed by atoms with Gasteiger partial charge in [-0.25, -0.2) is 13.8 Å². The molecule has 0 aliphatic carbocycles. The number of thiazole rings is 1. The van der Waals surface area contributed by atoms with Gasteiger partial charge in [0.2, 0.25) is 5.78 Å². The second kappa shape index (κ2) is 7.59. The van der Waals surface area contributed by atoms with Crippen LogP contribution in [-0.4, -0.2) is 26.9 Å². The molecule has 9 heteroatoms. The molecule has 1 aromatic heterocycles. The number of nitrogens with zero attached hydrogens (tertiary/aromatic N) is 2. The van der Waals surface area contributed by atoms with Crippen molar-refractivity contribution >= 4 is 28.7 Å². The van der Waals surface area contributed by atoms with Gasteiger partial charge in [0.15, 0.2) is 5.76 Å². The molecule has 1 atom stereocenters. The number of benzene rings is 2. The highest BCUT2D eigenvalue weighted by molar-refractivity contribution is 7.14. The number of anilines is 1. The van der Waals surface area contributed by atoms with Gasteiger partial charge >= 0.3 is 0 Å². The Balaban J connectivity index is 1.92. The summed E-state index contributed by atoms with van der Waals surface area (Å²) in [5.41, 5.74) is 0.250. The molecule has 6 nitrogen and oxygen atoms in total. The maximum atomic E-state index is 14.6. The molecular weight excluding hydrogens is 426 g/mol. The van der Waals surface area contributed by atoms with Crippen LogP contribution in [0.4, 0.5) is 14.5 Å². The number of phenols is 1. The van der Waals surface area contributed by atoms with Gasteiger partial charge in [0, 0.05) is 6.07 Å². The van der Waals surface area contributed by atoms with Crippen molar-refractivity contribution in [3.05, 3.63) is 86.6 Å². The Morgan fingerprint density at radius 1 is 1.10 bits per heavy atom. The number of phenolic OH excluding ortho intramolecular Hbond substituents is 1. The summed E-state index contributed by atoms with van der Waals surface area (Å²) in [6.07, 6.45) is 0. The largest absolute Gasteiger partial charge is 0.508 e. The van der Waals surface area contributed by atoms with Gasteiger partial charge in [-0.1, -0.05) is 12.1 Å². The monoisotopic (exact) mass is 442 g/mol. The molecule has 1 unspecified atom stereocenters. The third kappa shape index (κ3) is 3.46. The van der Waals surface area contributed by atoms with E-state index in [9.17, 15) is 28.6 Å². The maximum absolute atomic E-state index is 14.6. The molecule has 1 aliphatic heterocycles. The number of amides is 1. The molecule has 3 aromatic rings. The lowest BCUT2D eigenvalue weighted by Crippen LogP contribution is -2.31. The van der Waals surface area contributed by atoms with E-state index in [2.05, 4.69) is 4.98 Å². The quantitative estimate of drug-likeness (QED) is 0.580. The summed E-state index contributed by atoms with van der Waals surface area (Å²) < 4.78 is 28.1. The Bertz CT molecular complexity index is 1250. The predicted octanol–water partition coefficient (Wildman–Crippen LogP) is 4.53. The van der Waals surface area contributed by atoms with Crippen molar-refractivity contribution in [2.24, 2.45) is 0 Å². The molecule has 2 aromatic carbocycles. The minimum atomic E-state index is -1.19. The fraction of sp³-hybridized carbons (Fsp3) is 0.136. The number of rotatable bonds is 4. The number of hydrogen-bond acceptors (Lipinski definition) is 6. The van der Waals surface area contributed by atoms with E-state index in [1.165, 1.54) is 24.3 Å². The molecule has 0 bridgehead atoms. The minimum absolute atomic E-state index is 0.0532. The van der Waals surface area contributed by atoms with E-state index in [1.807, 2.05) is 0 Å². The number of aliphatic hydroxyl groups excluding tert-OH is 1. The lowest BCUT2D eigenvalue weighted by atomic mass is 9.94.